The molecule has 0 amide bonds. The molecule has 0 aliphatic carbocycles. The number of rotatable bonds is 4. The molecule has 6 aromatic heterocycles. The second kappa shape index (κ2) is 16.0. The molecule has 0 fully saturated rings. The smallest absolute Gasteiger partial charge is 0.237 e. The zero-order valence-corrected chi connectivity index (χ0v) is 43.5. The number of thiophene rings is 2. The maximum atomic E-state index is 13.0. The highest BCUT2D eigenvalue weighted by Gasteiger charge is 2.35. The monoisotopic (exact) mass is 1050 g/mol. The van der Waals surface area contributed by atoms with E-state index < -0.39 is 66.8 Å². The molecule has 0 N–H and O–H groups in total. The van der Waals surface area contributed by atoms with E-state index in [1.165, 1.54) is 0 Å². The molecule has 0 saturated carbocycles. The average molecular weight is 1060 g/mol. The Hall–Kier alpha value is -9.96. The Morgan fingerprint density at radius 1 is 0.456 bits per heavy atom. The highest BCUT2D eigenvalue weighted by molar-refractivity contribution is 7.27. The topological polar surface area (TPSA) is 47.9 Å². The average Bonchev–Trinajstić information content (AvgIpc) is 1.42. The van der Waals surface area contributed by atoms with Gasteiger partial charge in [-0.2, -0.15) is 5.26 Å². The van der Waals surface area contributed by atoms with E-state index >= 15 is 0 Å². The van der Waals surface area contributed by atoms with Gasteiger partial charge in [0.2, 0.25) is 5.69 Å². The number of benzene rings is 11. The molecule has 79 heavy (non-hydrogen) atoms. The Labute approximate surface area is 476 Å². The summed E-state index contributed by atoms with van der Waals surface area (Å²) in [5.74, 6) is 0. The van der Waals surface area contributed by atoms with Crippen LogP contribution in [-0.4, -0.2) is 18.3 Å². The van der Waals surface area contributed by atoms with E-state index in [0.29, 0.717) is 27.6 Å². The van der Waals surface area contributed by atoms with Crippen LogP contribution < -0.4 is 0 Å². The van der Waals surface area contributed by atoms with Crippen molar-refractivity contribution < 1.29 is 16.4 Å². The van der Waals surface area contributed by atoms with Gasteiger partial charge < -0.3 is 18.3 Å². The third-order valence-corrected chi connectivity index (χ3v) is 18.4. The standard InChI is InChI=1S/C71H42N6S2/c1-39-29-34-59-52(35-39)48-30-32-50-46-21-9-15-27-61(46)78-70(50)66(48)76(59)69-65(74-55-23-11-5-17-42(55)43-18-6-12-24-56(43)74)54(38-72)64(63(73-4)68(69)75-57-25-13-7-19-44(57)45-20-8-14-26-58(45)75)77-60-37-41(3)40(2)36-53(60)49-31-33-51-47-22-10-16-28-62(47)79-71(51)67(49)77/h5-37H,1-3H3/i1D3,9D,15D,21D,27D,29D,30D,32D,34D,35D. The van der Waals surface area contributed by atoms with E-state index in [2.05, 4.69) is 54.0 Å². The van der Waals surface area contributed by atoms with Gasteiger partial charge in [0.1, 0.15) is 6.07 Å². The molecule has 0 bridgehead atoms. The summed E-state index contributed by atoms with van der Waals surface area (Å²) in [6, 6.07) is 45.1. The lowest BCUT2D eigenvalue weighted by atomic mass is 10.0. The van der Waals surface area contributed by atoms with Crippen molar-refractivity contribution in [1.29, 1.82) is 5.26 Å². The summed E-state index contributed by atoms with van der Waals surface area (Å²) < 4.78 is 123. The summed E-state index contributed by atoms with van der Waals surface area (Å²) in [7, 11) is 0. The van der Waals surface area contributed by atoms with Crippen LogP contribution in [0.4, 0.5) is 5.69 Å². The maximum absolute atomic E-state index is 13.0. The van der Waals surface area contributed by atoms with Crippen molar-refractivity contribution in [2.75, 3.05) is 0 Å². The van der Waals surface area contributed by atoms with E-state index in [9.17, 15) is 21.4 Å². The molecule has 17 aromatic rings. The molecule has 0 radical (unpaired) electrons. The molecule has 0 unspecified atom stereocenters. The van der Waals surface area contributed by atoms with E-state index in [4.69, 9.17) is 11.7 Å². The zero-order valence-electron chi connectivity index (χ0n) is 53.9. The molecule has 0 saturated heterocycles. The van der Waals surface area contributed by atoms with Gasteiger partial charge >= 0.3 is 0 Å². The van der Waals surface area contributed by atoms with Crippen LogP contribution in [0, 0.1) is 38.6 Å². The lowest BCUT2D eigenvalue weighted by Gasteiger charge is -2.27. The van der Waals surface area contributed by atoms with Gasteiger partial charge in [-0.15, -0.1) is 22.7 Å². The second-order valence-corrected chi connectivity index (χ2v) is 22.2. The predicted octanol–water partition coefficient (Wildman–Crippen LogP) is 20.2. The maximum Gasteiger partial charge on any atom is 0.237 e. The molecule has 6 nitrogen and oxygen atoms in total. The van der Waals surface area contributed by atoms with E-state index in [1.807, 2.05) is 125 Å². The van der Waals surface area contributed by atoms with Gasteiger partial charge in [0.15, 0.2) is 0 Å². The number of fused-ring (bicyclic) bond motifs is 20. The fourth-order valence-electron chi connectivity index (χ4n) is 12.7. The molecule has 6 heterocycles. The fraction of sp³-hybridized carbons (Fsp3) is 0.0423. The van der Waals surface area contributed by atoms with E-state index in [0.717, 1.165) is 80.5 Å². The van der Waals surface area contributed by atoms with Gasteiger partial charge in [0.05, 0.1) is 101 Å². The summed E-state index contributed by atoms with van der Waals surface area (Å²) in [5, 5.41) is 19.3. The summed E-state index contributed by atoms with van der Waals surface area (Å²) in [6.07, 6.45) is 0. The van der Waals surface area contributed by atoms with Crippen LogP contribution in [-0.2, 0) is 0 Å². The predicted molar refractivity (Wildman–Crippen MR) is 335 cm³/mol. The first-order chi connectivity index (χ1) is 43.9. The lowest BCUT2D eigenvalue weighted by Crippen LogP contribution is -2.14. The van der Waals surface area contributed by atoms with Gasteiger partial charge in [0, 0.05) is 78.1 Å². The number of aromatic nitrogens is 4. The van der Waals surface area contributed by atoms with Crippen LogP contribution in [0.3, 0.4) is 0 Å². The van der Waals surface area contributed by atoms with E-state index in [1.54, 1.807) is 15.9 Å². The minimum absolute atomic E-state index is 0.0142. The van der Waals surface area contributed by atoms with Crippen molar-refractivity contribution in [3.05, 3.63) is 234 Å². The number of hydrogen-bond acceptors (Lipinski definition) is 3. The number of nitriles is 1. The van der Waals surface area contributed by atoms with Gasteiger partial charge in [0.25, 0.3) is 0 Å². The van der Waals surface area contributed by atoms with Crippen molar-refractivity contribution in [3.8, 4) is 28.8 Å². The molecular weight excluding hydrogens is 1000 g/mol. The summed E-state index contributed by atoms with van der Waals surface area (Å²) in [6.45, 7) is 11.0. The van der Waals surface area contributed by atoms with E-state index in [-0.39, 0.29) is 76.0 Å². The molecule has 0 atom stereocenters. The molecule has 11 aromatic carbocycles. The highest BCUT2D eigenvalue weighted by Crippen LogP contribution is 2.54. The molecule has 0 aliphatic heterocycles. The van der Waals surface area contributed by atoms with Crippen LogP contribution in [0.5, 0.6) is 0 Å². The number of nitrogens with zero attached hydrogens (tertiary/aromatic N) is 6. The van der Waals surface area contributed by atoms with Crippen LogP contribution in [0.1, 0.15) is 38.7 Å². The zero-order chi connectivity index (χ0) is 62.9. The Balaban J connectivity index is 1.26. The summed E-state index contributed by atoms with van der Waals surface area (Å²) in [4.78, 5) is 4.72. The lowest BCUT2D eigenvalue weighted by molar-refractivity contribution is 1.04. The van der Waals surface area contributed by atoms with Gasteiger partial charge in [-0.3, -0.25) is 0 Å². The SMILES string of the molecule is [2H]c1c([2H])c([2H])c2c(sc3c2c([2H])c([2H])c2c4c([2H])c(C([2H])([2H])[2H])c([2H])c([2H])c4n(-c4c(-n5c6ccccc6c6ccccc65)c(C#N)c(-n5c6cc(C)c(C)cc6c6ccc7c8ccccc8sc7c65)c([N+]#[C-])c4-n4c5ccccc5c5ccccc54)c32)c1[2H]. The molecule has 17 rings (SSSR count). The Bertz CT molecular complexity index is 6120. The Morgan fingerprint density at radius 3 is 1.68 bits per heavy atom. The molecule has 0 aliphatic rings. The molecule has 368 valence electrons. The highest BCUT2D eigenvalue weighted by atomic mass is 32.1. The number of hydrogen-bond donors (Lipinski definition) is 0. The third-order valence-electron chi connectivity index (χ3n) is 16.1. The quantitative estimate of drug-likeness (QED) is 0.162. The minimum Gasteiger partial charge on any atom is -0.317 e. The van der Waals surface area contributed by atoms with Gasteiger partial charge in [-0.25, -0.2) is 4.85 Å². The van der Waals surface area contributed by atoms with Gasteiger partial charge in [-0.05, 0) is 92.4 Å². The van der Waals surface area contributed by atoms with Crippen LogP contribution in [0.15, 0.2) is 200 Å². The number of para-hydroxylation sites is 4. The Morgan fingerprint density at radius 2 is 1.01 bits per heavy atom. The van der Waals surface area contributed by atoms with Crippen molar-refractivity contribution in [2.45, 2.75) is 20.7 Å². The molecule has 0 spiro atoms. The van der Waals surface area contributed by atoms with Crippen molar-refractivity contribution in [3.63, 3.8) is 0 Å². The first kappa shape index (κ1) is 33.9. The van der Waals surface area contributed by atoms with Gasteiger partial charge in [-0.1, -0.05) is 145 Å². The second-order valence-electron chi connectivity index (χ2n) is 20.1. The third kappa shape index (κ3) is 5.76. The minimum atomic E-state index is -3.15. The van der Waals surface area contributed by atoms with Crippen LogP contribution in [0.2, 0.25) is 0 Å². The first-order valence-electron chi connectivity index (χ1n) is 31.6. The summed E-state index contributed by atoms with van der Waals surface area (Å²) >= 11 is 2.52. The number of aryl methyl sites for hydroxylation is 2. The largest absolute Gasteiger partial charge is 0.317 e. The van der Waals surface area contributed by atoms with Crippen molar-refractivity contribution in [1.82, 2.24) is 18.3 Å². The van der Waals surface area contributed by atoms with Crippen molar-refractivity contribution in [2.24, 2.45) is 0 Å². The molecule has 8 heteroatoms. The fourth-order valence-corrected chi connectivity index (χ4v) is 15.1. The van der Waals surface area contributed by atoms with Crippen molar-refractivity contribution >= 4 is 156 Å². The van der Waals surface area contributed by atoms with Crippen LogP contribution in [0.25, 0.3) is 155 Å². The van der Waals surface area contributed by atoms with Crippen LogP contribution >= 0.6 is 22.7 Å². The summed E-state index contributed by atoms with van der Waals surface area (Å²) in [5.41, 5.74) is 5.29. The molecular formula is C71H42N6S2. The normalized spacial score (nSPS) is 14.5. The first-order valence-corrected chi connectivity index (χ1v) is 27.3. The Kier molecular flexibility index (Phi) is 6.89.